The number of rotatable bonds is 12. The average Bonchev–Trinajstić information content (AvgIpc) is 3.90. The Balaban J connectivity index is 0.000000203. The Morgan fingerprint density at radius 2 is 1.21 bits per heavy atom. The summed E-state index contributed by atoms with van der Waals surface area (Å²) < 4.78 is 41.7. The molecule has 4 aliphatic rings. The minimum Gasteiger partial charge on any atom is -0.481 e. The van der Waals surface area contributed by atoms with Crippen molar-refractivity contribution in [2.45, 2.75) is 117 Å². The van der Waals surface area contributed by atoms with Gasteiger partial charge in [0.05, 0.1) is 68.5 Å². The van der Waals surface area contributed by atoms with Gasteiger partial charge in [-0.05, 0) is 132 Å². The number of carboxylic acids is 1. The summed E-state index contributed by atoms with van der Waals surface area (Å²) in [5, 5.41) is 21.5. The van der Waals surface area contributed by atoms with Gasteiger partial charge in [0.1, 0.15) is 11.6 Å². The van der Waals surface area contributed by atoms with E-state index in [4.69, 9.17) is 37.8 Å². The third-order valence-electron chi connectivity index (χ3n) is 12.8. The molecule has 0 saturated heterocycles. The van der Waals surface area contributed by atoms with Crippen molar-refractivity contribution in [2.75, 3.05) is 26.3 Å². The highest BCUT2D eigenvalue weighted by molar-refractivity contribution is 6.30. The minimum atomic E-state index is -0.741. The molecule has 18 heteroatoms. The normalized spacial score (nSPS) is 19.9. The van der Waals surface area contributed by atoms with Crippen LogP contribution in [-0.4, -0.2) is 79.7 Å². The molecule has 2 aromatic carbocycles. The largest absolute Gasteiger partial charge is 0.481 e. The van der Waals surface area contributed by atoms with Gasteiger partial charge in [0, 0.05) is 47.1 Å². The second-order valence-corrected chi connectivity index (χ2v) is 18.1. The lowest BCUT2D eigenvalue weighted by molar-refractivity contribution is -0.150. The summed E-state index contributed by atoms with van der Waals surface area (Å²) in [6.45, 7) is 8.14. The van der Waals surface area contributed by atoms with Crippen LogP contribution in [0.5, 0.6) is 0 Å². The van der Waals surface area contributed by atoms with Crippen molar-refractivity contribution in [1.29, 1.82) is 0 Å². The number of benzene rings is 2. The van der Waals surface area contributed by atoms with Crippen molar-refractivity contribution >= 4 is 59.4 Å². The van der Waals surface area contributed by atoms with Crippen molar-refractivity contribution < 1.29 is 42.5 Å². The van der Waals surface area contributed by atoms with Gasteiger partial charge in [-0.1, -0.05) is 35.3 Å². The van der Waals surface area contributed by atoms with Crippen molar-refractivity contribution in [3.63, 3.8) is 0 Å². The van der Waals surface area contributed by atoms with E-state index in [1.807, 2.05) is 28.9 Å². The van der Waals surface area contributed by atoms with Gasteiger partial charge >= 0.3 is 17.9 Å². The van der Waals surface area contributed by atoms with Gasteiger partial charge < -0.3 is 24.8 Å². The lowest BCUT2D eigenvalue weighted by atomic mass is 9.80. The molecule has 66 heavy (non-hydrogen) atoms. The van der Waals surface area contributed by atoms with Gasteiger partial charge in [0.2, 0.25) is 5.91 Å². The molecule has 2 aliphatic heterocycles. The van der Waals surface area contributed by atoms with Crippen molar-refractivity contribution in [3.8, 4) is 0 Å². The lowest BCUT2D eigenvalue weighted by Crippen LogP contribution is -2.38. The number of carbonyl (C=O) groups excluding carboxylic acids is 3. The molecular weight excluding hydrogens is 917 g/mol. The number of fused-ring (bicyclic) bond motifs is 2. The van der Waals surface area contributed by atoms with Crippen LogP contribution >= 0.6 is 35.6 Å². The summed E-state index contributed by atoms with van der Waals surface area (Å²) in [7, 11) is 0. The summed E-state index contributed by atoms with van der Waals surface area (Å²) in [4.78, 5) is 48.7. The van der Waals surface area contributed by atoms with Gasteiger partial charge in [0.15, 0.2) is 0 Å². The molecule has 2 aliphatic carbocycles. The molecule has 1 amide bonds. The van der Waals surface area contributed by atoms with Crippen LogP contribution in [0.3, 0.4) is 0 Å². The summed E-state index contributed by atoms with van der Waals surface area (Å²) in [6.07, 6.45) is 12.7. The molecule has 0 unspecified atom stereocenters. The van der Waals surface area contributed by atoms with E-state index in [0.717, 1.165) is 94.2 Å². The van der Waals surface area contributed by atoms with Gasteiger partial charge in [-0.25, -0.2) is 8.78 Å². The molecule has 2 saturated carbocycles. The molecule has 8 rings (SSSR count). The molecule has 2 N–H and O–H groups in total. The Morgan fingerprint density at radius 1 is 0.727 bits per heavy atom. The van der Waals surface area contributed by atoms with Gasteiger partial charge in [-0.3, -0.25) is 28.5 Å². The molecule has 0 atom stereocenters. The van der Waals surface area contributed by atoms with E-state index in [1.165, 1.54) is 17.7 Å². The predicted molar refractivity (Wildman–Crippen MR) is 248 cm³/mol. The number of nitrogens with one attached hydrogen (secondary N) is 1. The quantitative estimate of drug-likeness (QED) is 0.131. The Hall–Kier alpha value is -4.57. The fourth-order valence-corrected chi connectivity index (χ4v) is 9.42. The van der Waals surface area contributed by atoms with Crippen LogP contribution in [0.1, 0.15) is 112 Å². The maximum Gasteiger partial charge on any atom is 0.308 e. The van der Waals surface area contributed by atoms with E-state index >= 15 is 0 Å². The number of hydrogen-bond donors (Lipinski definition) is 2. The molecule has 2 aromatic heterocycles. The fourth-order valence-electron chi connectivity index (χ4n) is 9.11. The molecule has 360 valence electrons. The Morgan fingerprint density at radius 3 is 1.70 bits per heavy atom. The summed E-state index contributed by atoms with van der Waals surface area (Å²) >= 11 is 11.6. The monoisotopic (exact) mass is 976 g/mol. The topological polar surface area (TPSA) is 158 Å². The van der Waals surface area contributed by atoms with Crippen LogP contribution in [0.15, 0.2) is 48.8 Å². The van der Waals surface area contributed by atoms with Crippen LogP contribution < -0.4 is 5.32 Å². The number of carboxylic acid groups (broad SMARTS) is 1. The van der Waals surface area contributed by atoms with Gasteiger partial charge in [-0.15, -0.1) is 12.4 Å². The highest BCUT2D eigenvalue weighted by Crippen LogP contribution is 2.34. The SMILES string of the molecule is CCOC(=O)C1CCC(CC(=O)N2CCc3cnn(Cc4ccc(Cl)cc4F)c3C2)CC1.CCOC(=O)C1CCC(CC(=O)O)CC1.Cl.Fc1cc(Cl)ccc1Cn1ncc2c1CNCC2. The van der Waals surface area contributed by atoms with Crippen molar-refractivity contribution in [1.82, 2.24) is 29.8 Å². The molecule has 13 nitrogen and oxygen atoms in total. The maximum atomic E-state index is 14.2. The fraction of sp³-hybridized carbons (Fsp3) is 0.542. The highest BCUT2D eigenvalue weighted by atomic mass is 35.5. The van der Waals surface area contributed by atoms with E-state index in [9.17, 15) is 28.0 Å². The predicted octanol–water partition coefficient (Wildman–Crippen LogP) is 8.99. The van der Waals surface area contributed by atoms with Crippen LogP contribution in [-0.2, 0) is 67.7 Å². The molecular formula is C48H61Cl3F2N6O7. The Kier molecular flexibility index (Phi) is 20.3. The lowest BCUT2D eigenvalue weighted by Gasteiger charge is -2.31. The Bertz CT molecular complexity index is 2260. The maximum absolute atomic E-state index is 14.2. The first-order valence-electron chi connectivity index (χ1n) is 22.8. The number of halogens is 5. The van der Waals surface area contributed by atoms with Crippen molar-refractivity contribution in [2.24, 2.45) is 23.7 Å². The summed E-state index contributed by atoms with van der Waals surface area (Å²) in [5.74, 6) is -0.945. The van der Waals surface area contributed by atoms with Crippen molar-refractivity contribution in [3.05, 3.63) is 104 Å². The second-order valence-electron chi connectivity index (χ2n) is 17.3. The summed E-state index contributed by atoms with van der Waals surface area (Å²) in [6, 6.07) is 9.40. The molecule has 0 bridgehead atoms. The third kappa shape index (κ3) is 14.7. The standard InChI is InChI=1S/C24H29ClFN3O3.C13H13ClFN3.C11H18O4.ClH/c1-2-32-24(31)17-5-3-16(4-6-17)11-23(30)28-10-9-18-13-27-29(22(18)15-28)14-19-7-8-20(25)12-21(19)26;14-11-2-1-10(12(15)5-11)8-18-13-7-16-4-3-9(13)6-17-18;1-2-15-11(14)9-5-3-8(4-6-9)7-10(12)13;/h7-8,12-13,16-17H,2-6,9-11,14-15H2,1H3;1-2,5-6,16H,3-4,7-8H2;8-9H,2-7H2,1H3,(H,12,13);1H. The second kappa shape index (κ2) is 25.5. The number of amides is 1. The first kappa shape index (κ1) is 52.4. The molecule has 0 spiro atoms. The van der Waals surface area contributed by atoms with Crippen LogP contribution in [0.4, 0.5) is 8.78 Å². The van der Waals surface area contributed by atoms with Crippen LogP contribution in [0, 0.1) is 35.3 Å². The van der Waals surface area contributed by atoms with E-state index in [2.05, 4.69) is 15.5 Å². The van der Waals surface area contributed by atoms with Gasteiger partial charge in [-0.2, -0.15) is 10.2 Å². The number of nitrogens with zero attached hydrogens (tertiary/aromatic N) is 5. The number of hydrogen-bond acceptors (Lipinski definition) is 9. The molecule has 2 fully saturated rings. The van der Waals surface area contributed by atoms with Crippen LogP contribution in [0.2, 0.25) is 10.0 Å². The zero-order valence-electron chi connectivity index (χ0n) is 37.6. The third-order valence-corrected chi connectivity index (χ3v) is 13.3. The number of aromatic nitrogens is 4. The zero-order chi connectivity index (χ0) is 46.5. The molecule has 0 radical (unpaired) electrons. The van der Waals surface area contributed by atoms with Crippen LogP contribution in [0.25, 0.3) is 0 Å². The number of ether oxygens (including phenoxy) is 2. The average molecular weight is 978 g/mol. The van der Waals surface area contributed by atoms with E-state index in [1.54, 1.807) is 35.9 Å². The molecule has 4 heterocycles. The Labute approximate surface area is 401 Å². The molecule has 4 aromatic rings. The van der Waals surface area contributed by atoms with E-state index < -0.39 is 5.97 Å². The highest BCUT2D eigenvalue weighted by Gasteiger charge is 2.32. The summed E-state index contributed by atoms with van der Waals surface area (Å²) in [5.41, 5.74) is 5.60. The number of carbonyl (C=O) groups is 4. The number of aliphatic carboxylic acids is 1. The zero-order valence-corrected chi connectivity index (χ0v) is 40.0. The minimum absolute atomic E-state index is 0. The van der Waals surface area contributed by atoms with E-state index in [0.29, 0.717) is 72.9 Å². The number of esters is 2. The first-order valence-corrected chi connectivity index (χ1v) is 23.6. The first-order chi connectivity index (χ1) is 31.3. The van der Waals surface area contributed by atoms with Gasteiger partial charge in [0.25, 0.3) is 0 Å². The van der Waals surface area contributed by atoms with E-state index in [-0.39, 0.29) is 66.1 Å². The smallest absolute Gasteiger partial charge is 0.308 e.